The molecule has 0 amide bonds. The molecule has 0 aliphatic rings. The van der Waals surface area contributed by atoms with E-state index >= 15 is 0 Å². The second-order valence-corrected chi connectivity index (χ2v) is 8.01. The number of nitrogens with zero attached hydrogens (tertiary/aromatic N) is 2. The Morgan fingerprint density at radius 2 is 1.55 bits per heavy atom. The Labute approximate surface area is 190 Å². The average molecular weight is 501 g/mol. The van der Waals surface area contributed by atoms with Crippen molar-refractivity contribution in [1.29, 1.82) is 0 Å². The zero-order chi connectivity index (χ0) is 23.9. The number of fused-ring (bicyclic) bond motifs is 1. The van der Waals surface area contributed by atoms with E-state index in [-0.39, 0.29) is 10.4 Å². The van der Waals surface area contributed by atoms with Crippen molar-refractivity contribution in [3.63, 3.8) is 0 Å². The molecule has 33 heavy (non-hydrogen) atoms. The lowest BCUT2D eigenvalue weighted by Gasteiger charge is -2.12. The van der Waals surface area contributed by atoms with Crippen molar-refractivity contribution in [3.8, 4) is 22.8 Å². The molecule has 1 aromatic heterocycles. The fourth-order valence-electron chi connectivity index (χ4n) is 3.00. The summed E-state index contributed by atoms with van der Waals surface area (Å²) in [5.41, 5.74) is 1.30. The third kappa shape index (κ3) is 4.09. The van der Waals surface area contributed by atoms with Crippen LogP contribution in [0.1, 0.15) is 0 Å². The van der Waals surface area contributed by atoms with Gasteiger partial charge in [-0.05, 0) is 36.4 Å². The second kappa shape index (κ2) is 8.91. The van der Waals surface area contributed by atoms with Crippen molar-refractivity contribution in [2.45, 2.75) is 4.90 Å². The van der Waals surface area contributed by atoms with E-state index in [1.807, 2.05) is 0 Å². The van der Waals surface area contributed by atoms with E-state index < -0.39 is 45.9 Å². The molecule has 0 saturated carbocycles. The predicted octanol–water partition coefficient (Wildman–Crippen LogP) is 5.76. The molecule has 0 fully saturated rings. The van der Waals surface area contributed by atoms with Gasteiger partial charge in [-0.25, -0.2) is 27.3 Å². The van der Waals surface area contributed by atoms with Crippen LogP contribution in [0.25, 0.3) is 22.2 Å². The maximum atomic E-state index is 13.8. The van der Waals surface area contributed by atoms with Gasteiger partial charge in [-0.2, -0.15) is 8.78 Å². The summed E-state index contributed by atoms with van der Waals surface area (Å²) in [5, 5.41) is 0.937. The number of methoxy groups -OCH3 is 1. The molecule has 4 rings (SSSR count). The van der Waals surface area contributed by atoms with Gasteiger partial charge < -0.3 is 8.92 Å². The van der Waals surface area contributed by atoms with Gasteiger partial charge in [0.15, 0.2) is 0 Å². The Hall–Kier alpha value is -3.31. The third-order valence-corrected chi connectivity index (χ3v) is 5.74. The largest absolute Gasteiger partial charge is 0.496 e. The Bertz CT molecular complexity index is 1410. The minimum absolute atomic E-state index is 0.140. The van der Waals surface area contributed by atoms with Crippen LogP contribution in [0.2, 0.25) is 5.02 Å². The monoisotopic (exact) mass is 500 g/mol. The van der Waals surface area contributed by atoms with Crippen LogP contribution < -0.4 is 8.92 Å². The van der Waals surface area contributed by atoms with Crippen LogP contribution in [0.3, 0.4) is 0 Å². The smallest absolute Gasteiger partial charge is 0.240 e. The van der Waals surface area contributed by atoms with Crippen molar-refractivity contribution in [3.05, 3.63) is 76.8 Å². The molecule has 0 bridgehead atoms. The lowest BCUT2D eigenvalue weighted by atomic mass is 10.1. The molecule has 0 radical (unpaired) electrons. The number of halogens is 6. The van der Waals surface area contributed by atoms with Gasteiger partial charge in [-0.1, -0.05) is 11.6 Å². The first kappa shape index (κ1) is 22.9. The molecule has 3 aromatic carbocycles. The molecular formula is C21H10ClF5N2O3S. The highest BCUT2D eigenvalue weighted by Gasteiger charge is 2.29. The van der Waals surface area contributed by atoms with E-state index in [9.17, 15) is 26.2 Å². The number of rotatable bonds is 5. The molecule has 0 saturated heterocycles. The molecule has 170 valence electrons. The van der Waals surface area contributed by atoms with Crippen LogP contribution in [0.15, 0.2) is 47.6 Å². The van der Waals surface area contributed by atoms with Gasteiger partial charge in [-0.3, -0.25) is 0 Å². The molecule has 5 nitrogen and oxygen atoms in total. The Kier molecular flexibility index (Phi) is 6.17. The number of benzene rings is 3. The molecule has 4 aromatic rings. The van der Waals surface area contributed by atoms with E-state index in [1.165, 1.54) is 31.6 Å². The summed E-state index contributed by atoms with van der Waals surface area (Å²) in [6.07, 6.45) is 1.23. The van der Waals surface area contributed by atoms with Crippen LogP contribution in [0.5, 0.6) is 11.5 Å². The van der Waals surface area contributed by atoms with E-state index in [1.54, 1.807) is 18.2 Å². The molecule has 1 heterocycles. The molecule has 0 aliphatic carbocycles. The van der Waals surface area contributed by atoms with Crippen molar-refractivity contribution in [1.82, 2.24) is 9.97 Å². The van der Waals surface area contributed by atoms with Gasteiger partial charge in [-0.15, -0.1) is 0 Å². The summed E-state index contributed by atoms with van der Waals surface area (Å²) >= 11 is 3.36. The third-order valence-electron chi connectivity index (χ3n) is 4.55. The van der Waals surface area contributed by atoms with Crippen LogP contribution >= 0.6 is 11.6 Å². The summed E-state index contributed by atoms with van der Waals surface area (Å²) < 4.78 is 90.1. The SMILES string of the molecule is COc1cc(Cl)ccc1-c1ncnc2cc(S(=O)Oc3c(F)c(F)c(F)c(F)c3F)ccc12. The van der Waals surface area contributed by atoms with Crippen LogP contribution in [-0.2, 0) is 11.1 Å². The molecule has 0 aliphatic heterocycles. The van der Waals surface area contributed by atoms with Crippen LogP contribution in [-0.4, -0.2) is 21.3 Å². The first-order chi connectivity index (χ1) is 15.7. The Morgan fingerprint density at radius 1 is 0.879 bits per heavy atom. The molecule has 12 heteroatoms. The topological polar surface area (TPSA) is 61.3 Å². The summed E-state index contributed by atoms with van der Waals surface area (Å²) in [7, 11) is 1.45. The predicted molar refractivity (Wildman–Crippen MR) is 110 cm³/mol. The van der Waals surface area contributed by atoms with E-state index in [0.29, 0.717) is 27.4 Å². The van der Waals surface area contributed by atoms with Gasteiger partial charge in [0, 0.05) is 16.0 Å². The lowest BCUT2D eigenvalue weighted by Crippen LogP contribution is -2.09. The first-order valence-corrected chi connectivity index (χ1v) is 10.4. The van der Waals surface area contributed by atoms with Crippen molar-refractivity contribution in [2.24, 2.45) is 0 Å². The van der Waals surface area contributed by atoms with Gasteiger partial charge >= 0.3 is 0 Å². The van der Waals surface area contributed by atoms with Crippen molar-refractivity contribution in [2.75, 3.05) is 7.11 Å². The number of aromatic nitrogens is 2. The number of hydrogen-bond donors (Lipinski definition) is 0. The van der Waals surface area contributed by atoms with E-state index in [4.69, 9.17) is 16.3 Å². The minimum Gasteiger partial charge on any atom is -0.496 e. The zero-order valence-electron chi connectivity index (χ0n) is 16.3. The quantitative estimate of drug-likeness (QED) is 0.198. The standard InChI is InChI=1S/C21H10ClF5N2O3S/c1-31-14-6-9(22)2-4-12(14)20-11-5-3-10(7-13(11)28-8-29-20)33(30)32-21-18(26)16(24)15(23)17(25)19(21)27/h2-8H,1H3. The summed E-state index contributed by atoms with van der Waals surface area (Å²) in [5.74, 6) is -12.5. The van der Waals surface area contributed by atoms with Gasteiger partial charge in [0.25, 0.3) is 0 Å². The van der Waals surface area contributed by atoms with Gasteiger partial charge in [0.05, 0.1) is 23.2 Å². The Balaban J connectivity index is 1.74. The molecule has 0 spiro atoms. The maximum absolute atomic E-state index is 13.8. The van der Waals surface area contributed by atoms with Crippen LogP contribution in [0.4, 0.5) is 22.0 Å². The lowest BCUT2D eigenvalue weighted by molar-refractivity contribution is 0.352. The van der Waals surface area contributed by atoms with Gasteiger partial charge in [0.2, 0.25) is 45.9 Å². The minimum atomic E-state index is -2.63. The van der Waals surface area contributed by atoms with Gasteiger partial charge in [0.1, 0.15) is 12.1 Å². The number of hydrogen-bond acceptors (Lipinski definition) is 5. The highest BCUT2D eigenvalue weighted by molar-refractivity contribution is 7.80. The fourth-order valence-corrected chi connectivity index (χ4v) is 3.94. The molecule has 0 N–H and O–H groups in total. The summed E-state index contributed by atoms with van der Waals surface area (Å²) in [4.78, 5) is 8.19. The molecule has 1 atom stereocenters. The maximum Gasteiger partial charge on any atom is 0.240 e. The van der Waals surface area contributed by atoms with Crippen LogP contribution in [0, 0.1) is 29.1 Å². The zero-order valence-corrected chi connectivity index (χ0v) is 17.9. The van der Waals surface area contributed by atoms with E-state index in [0.717, 1.165) is 0 Å². The summed E-state index contributed by atoms with van der Waals surface area (Å²) in [6, 6.07) is 8.92. The van der Waals surface area contributed by atoms with Crippen molar-refractivity contribution < 1.29 is 35.1 Å². The first-order valence-electron chi connectivity index (χ1n) is 8.93. The normalized spacial score (nSPS) is 12.1. The number of ether oxygens (including phenoxy) is 1. The Morgan fingerprint density at radius 3 is 2.21 bits per heavy atom. The summed E-state index contributed by atoms with van der Waals surface area (Å²) in [6.45, 7) is 0. The van der Waals surface area contributed by atoms with E-state index in [2.05, 4.69) is 14.2 Å². The fraction of sp³-hybridized carbons (Fsp3) is 0.0476. The second-order valence-electron chi connectivity index (χ2n) is 6.46. The molecule has 1 unspecified atom stereocenters. The van der Waals surface area contributed by atoms with Crippen molar-refractivity contribution >= 4 is 33.6 Å². The molecular weight excluding hydrogens is 491 g/mol. The average Bonchev–Trinajstić information content (AvgIpc) is 2.83. The highest BCUT2D eigenvalue weighted by atomic mass is 35.5. The highest BCUT2D eigenvalue weighted by Crippen LogP contribution is 2.35.